The molecule has 2 rings (SSSR count). The van der Waals surface area contributed by atoms with Crippen molar-refractivity contribution in [2.45, 2.75) is 27.3 Å². The first-order valence-electron chi connectivity index (χ1n) is 7.22. The van der Waals surface area contributed by atoms with Crippen LogP contribution in [0, 0.1) is 13.8 Å². The van der Waals surface area contributed by atoms with Crippen LogP contribution in [0.4, 0.5) is 5.69 Å². The van der Waals surface area contributed by atoms with Gasteiger partial charge in [-0.15, -0.1) is 0 Å². The van der Waals surface area contributed by atoms with Crippen molar-refractivity contribution >= 4 is 11.6 Å². The predicted molar refractivity (Wildman–Crippen MR) is 84.6 cm³/mol. The monoisotopic (exact) mass is 286 g/mol. The Bertz CT molecular complexity index is 618. The maximum Gasteiger partial charge on any atom is 0.251 e. The number of carbonyl (C=O) groups excluding carboxylic acids is 1. The largest absolute Gasteiger partial charge is 0.385 e. The summed E-state index contributed by atoms with van der Waals surface area (Å²) in [6, 6.07) is 5.70. The molecule has 0 atom stereocenters. The summed E-state index contributed by atoms with van der Waals surface area (Å²) in [4.78, 5) is 12.1. The van der Waals surface area contributed by atoms with E-state index in [2.05, 4.69) is 22.7 Å². The molecule has 0 aliphatic carbocycles. The van der Waals surface area contributed by atoms with E-state index in [1.54, 1.807) is 0 Å². The molecule has 0 aliphatic heterocycles. The van der Waals surface area contributed by atoms with E-state index in [9.17, 15) is 4.79 Å². The number of rotatable bonds is 6. The van der Waals surface area contributed by atoms with Crippen molar-refractivity contribution in [1.82, 2.24) is 15.1 Å². The van der Waals surface area contributed by atoms with E-state index in [0.717, 1.165) is 23.4 Å². The molecule has 0 saturated carbocycles. The number of carbonyl (C=O) groups is 1. The molecule has 0 radical (unpaired) electrons. The summed E-state index contributed by atoms with van der Waals surface area (Å²) in [5, 5.41) is 10.4. The van der Waals surface area contributed by atoms with Crippen molar-refractivity contribution in [3.8, 4) is 0 Å². The van der Waals surface area contributed by atoms with Crippen molar-refractivity contribution < 1.29 is 4.79 Å². The molecule has 0 bridgehead atoms. The van der Waals surface area contributed by atoms with Gasteiger partial charge in [0.05, 0.1) is 12.7 Å². The lowest BCUT2D eigenvalue weighted by molar-refractivity contribution is 0.0952. The molecule has 21 heavy (non-hydrogen) atoms. The molecular weight excluding hydrogens is 264 g/mol. The summed E-state index contributed by atoms with van der Waals surface area (Å²) >= 11 is 0. The van der Waals surface area contributed by atoms with Crippen LogP contribution < -0.4 is 10.6 Å². The Hall–Kier alpha value is -2.30. The van der Waals surface area contributed by atoms with E-state index >= 15 is 0 Å². The molecule has 0 fully saturated rings. The molecular formula is C16H22N4O. The van der Waals surface area contributed by atoms with Gasteiger partial charge in [0.25, 0.3) is 5.91 Å². The third-order valence-electron chi connectivity index (χ3n) is 3.24. The lowest BCUT2D eigenvalue weighted by Gasteiger charge is -2.10. The smallest absolute Gasteiger partial charge is 0.251 e. The van der Waals surface area contributed by atoms with Crippen LogP contribution in [-0.2, 0) is 6.54 Å². The van der Waals surface area contributed by atoms with Crippen molar-refractivity contribution in [3.05, 3.63) is 47.3 Å². The van der Waals surface area contributed by atoms with Crippen LogP contribution in [0.2, 0.25) is 0 Å². The average Bonchev–Trinajstić information content (AvgIpc) is 2.87. The normalized spacial score (nSPS) is 10.4. The Morgan fingerprint density at radius 3 is 2.76 bits per heavy atom. The van der Waals surface area contributed by atoms with Crippen molar-refractivity contribution in [2.24, 2.45) is 0 Å². The van der Waals surface area contributed by atoms with Gasteiger partial charge < -0.3 is 10.6 Å². The number of amides is 1. The molecule has 5 heteroatoms. The first-order valence-corrected chi connectivity index (χ1v) is 7.22. The Kier molecular flexibility index (Phi) is 4.98. The molecule has 2 aromatic rings. The highest BCUT2D eigenvalue weighted by molar-refractivity contribution is 5.94. The highest BCUT2D eigenvalue weighted by atomic mass is 16.1. The van der Waals surface area contributed by atoms with Crippen LogP contribution in [0.25, 0.3) is 0 Å². The first kappa shape index (κ1) is 15.1. The molecule has 1 amide bonds. The number of anilines is 1. The van der Waals surface area contributed by atoms with Crippen molar-refractivity contribution in [3.63, 3.8) is 0 Å². The molecule has 1 aromatic heterocycles. The molecule has 5 nitrogen and oxygen atoms in total. The minimum absolute atomic E-state index is 0.0509. The van der Waals surface area contributed by atoms with E-state index in [0.29, 0.717) is 18.7 Å². The summed E-state index contributed by atoms with van der Waals surface area (Å²) in [6.07, 6.45) is 3.77. The van der Waals surface area contributed by atoms with Gasteiger partial charge >= 0.3 is 0 Å². The van der Waals surface area contributed by atoms with Gasteiger partial charge in [-0.3, -0.25) is 9.48 Å². The number of hydrogen-bond acceptors (Lipinski definition) is 3. The minimum atomic E-state index is -0.0509. The van der Waals surface area contributed by atoms with Crippen LogP contribution in [0.15, 0.2) is 30.6 Å². The standard InChI is InChI=1S/C16H22N4O/c1-4-17-15-6-5-14(9-13(15)3)16(21)18-7-8-20-11-12(2)10-19-20/h5-6,9-11,17H,4,7-8H2,1-3H3,(H,18,21). The average molecular weight is 286 g/mol. The lowest BCUT2D eigenvalue weighted by Crippen LogP contribution is -2.27. The summed E-state index contributed by atoms with van der Waals surface area (Å²) < 4.78 is 1.83. The number of nitrogens with zero attached hydrogens (tertiary/aromatic N) is 2. The lowest BCUT2D eigenvalue weighted by atomic mass is 10.1. The fourth-order valence-corrected chi connectivity index (χ4v) is 2.17. The summed E-state index contributed by atoms with van der Waals surface area (Å²) in [5.41, 5.74) is 3.95. The first-order chi connectivity index (χ1) is 10.1. The van der Waals surface area contributed by atoms with Crippen LogP contribution in [0.5, 0.6) is 0 Å². The van der Waals surface area contributed by atoms with E-state index in [1.165, 1.54) is 0 Å². The molecule has 112 valence electrons. The Morgan fingerprint density at radius 1 is 1.33 bits per heavy atom. The Labute approximate surface area is 125 Å². The van der Waals surface area contributed by atoms with Gasteiger partial charge in [-0.2, -0.15) is 5.10 Å². The fourth-order valence-electron chi connectivity index (χ4n) is 2.17. The van der Waals surface area contributed by atoms with Crippen LogP contribution in [0.1, 0.15) is 28.4 Å². The number of hydrogen-bond donors (Lipinski definition) is 2. The van der Waals surface area contributed by atoms with Gasteiger partial charge in [0.2, 0.25) is 0 Å². The second-order valence-corrected chi connectivity index (χ2v) is 5.10. The molecule has 1 aromatic carbocycles. The molecule has 0 unspecified atom stereocenters. The number of benzene rings is 1. The third kappa shape index (κ3) is 4.08. The highest BCUT2D eigenvalue weighted by Crippen LogP contribution is 2.16. The quantitative estimate of drug-likeness (QED) is 0.857. The van der Waals surface area contributed by atoms with Crippen LogP contribution in [0.3, 0.4) is 0 Å². The maximum absolute atomic E-state index is 12.1. The van der Waals surface area contributed by atoms with Gasteiger partial charge in [0.1, 0.15) is 0 Å². The van der Waals surface area contributed by atoms with Crippen LogP contribution in [-0.4, -0.2) is 28.8 Å². The summed E-state index contributed by atoms with van der Waals surface area (Å²) in [7, 11) is 0. The van der Waals surface area contributed by atoms with E-state index in [1.807, 2.05) is 49.1 Å². The highest BCUT2D eigenvalue weighted by Gasteiger charge is 2.07. The van der Waals surface area contributed by atoms with Crippen molar-refractivity contribution in [2.75, 3.05) is 18.4 Å². The van der Waals surface area contributed by atoms with Gasteiger partial charge in [-0.1, -0.05) is 0 Å². The minimum Gasteiger partial charge on any atom is -0.385 e. The summed E-state index contributed by atoms with van der Waals surface area (Å²) in [6.45, 7) is 8.16. The SMILES string of the molecule is CCNc1ccc(C(=O)NCCn2cc(C)cn2)cc1C. The Morgan fingerprint density at radius 2 is 2.14 bits per heavy atom. The van der Waals surface area contributed by atoms with Gasteiger partial charge in [-0.05, 0) is 50.1 Å². The zero-order valence-corrected chi connectivity index (χ0v) is 12.8. The van der Waals surface area contributed by atoms with Gasteiger partial charge in [0, 0.05) is 30.5 Å². The zero-order valence-electron chi connectivity index (χ0n) is 12.8. The molecule has 0 saturated heterocycles. The molecule has 1 heterocycles. The summed E-state index contributed by atoms with van der Waals surface area (Å²) in [5.74, 6) is -0.0509. The Balaban J connectivity index is 1.89. The van der Waals surface area contributed by atoms with E-state index in [-0.39, 0.29) is 5.91 Å². The zero-order chi connectivity index (χ0) is 15.2. The second kappa shape index (κ2) is 6.92. The van der Waals surface area contributed by atoms with Gasteiger partial charge in [-0.25, -0.2) is 0 Å². The molecule has 2 N–H and O–H groups in total. The second-order valence-electron chi connectivity index (χ2n) is 5.10. The third-order valence-corrected chi connectivity index (χ3v) is 3.24. The fraction of sp³-hybridized carbons (Fsp3) is 0.375. The molecule has 0 spiro atoms. The topological polar surface area (TPSA) is 59.0 Å². The number of aromatic nitrogens is 2. The van der Waals surface area contributed by atoms with Crippen molar-refractivity contribution in [1.29, 1.82) is 0 Å². The van der Waals surface area contributed by atoms with E-state index in [4.69, 9.17) is 0 Å². The number of nitrogens with one attached hydrogen (secondary N) is 2. The predicted octanol–water partition coefficient (Wildman–Crippen LogP) is 2.36. The van der Waals surface area contributed by atoms with Crippen LogP contribution >= 0.6 is 0 Å². The molecule has 0 aliphatic rings. The van der Waals surface area contributed by atoms with E-state index < -0.39 is 0 Å². The van der Waals surface area contributed by atoms with Gasteiger partial charge in [0.15, 0.2) is 0 Å². The maximum atomic E-state index is 12.1. The number of aryl methyl sites for hydroxylation is 2.